The Kier molecular flexibility index (Phi) is 3.56. The highest BCUT2D eigenvalue weighted by Gasteiger charge is 2.11. The van der Waals surface area contributed by atoms with Gasteiger partial charge >= 0.3 is 0 Å². The van der Waals surface area contributed by atoms with E-state index in [-0.39, 0.29) is 0 Å². The van der Waals surface area contributed by atoms with Crippen molar-refractivity contribution in [2.75, 3.05) is 5.32 Å². The van der Waals surface area contributed by atoms with E-state index in [1.807, 2.05) is 0 Å². The summed E-state index contributed by atoms with van der Waals surface area (Å²) in [5, 5.41) is 15.7. The number of anilines is 1. The number of hydrogen-bond acceptors (Lipinski definition) is 5. The van der Waals surface area contributed by atoms with Crippen molar-refractivity contribution < 1.29 is 0 Å². The Hall–Kier alpha value is -0.940. The molecular formula is C11H15N3S2. The summed E-state index contributed by atoms with van der Waals surface area (Å²) in [5.74, 6) is 0. The van der Waals surface area contributed by atoms with Crippen LogP contribution < -0.4 is 5.32 Å². The van der Waals surface area contributed by atoms with Crippen molar-refractivity contribution in [3.8, 4) is 0 Å². The molecule has 2 heterocycles. The molecule has 0 spiro atoms. The maximum absolute atomic E-state index is 4.13. The van der Waals surface area contributed by atoms with Gasteiger partial charge in [-0.3, -0.25) is 0 Å². The van der Waals surface area contributed by atoms with Gasteiger partial charge in [-0.1, -0.05) is 18.3 Å². The van der Waals surface area contributed by atoms with E-state index in [4.69, 9.17) is 0 Å². The van der Waals surface area contributed by atoms with Crippen LogP contribution in [0.25, 0.3) is 0 Å². The lowest BCUT2D eigenvalue weighted by molar-refractivity contribution is 0.882. The smallest absolute Gasteiger partial charge is 0.206 e. The molecule has 0 saturated carbocycles. The average molecular weight is 253 g/mol. The molecule has 3 nitrogen and oxygen atoms in total. The molecule has 2 aromatic rings. The van der Waals surface area contributed by atoms with Crippen LogP contribution in [0.3, 0.4) is 0 Å². The molecule has 86 valence electrons. The number of hydrogen-bond donors (Lipinski definition) is 1. The molecule has 0 radical (unpaired) electrons. The number of thiophene rings is 1. The van der Waals surface area contributed by atoms with E-state index >= 15 is 0 Å². The van der Waals surface area contributed by atoms with Crippen LogP contribution in [-0.4, -0.2) is 10.2 Å². The summed E-state index contributed by atoms with van der Waals surface area (Å²) in [4.78, 5) is 1.37. The highest BCUT2D eigenvalue weighted by atomic mass is 32.1. The molecule has 0 aliphatic carbocycles. The zero-order chi connectivity index (χ0) is 11.5. The van der Waals surface area contributed by atoms with Gasteiger partial charge < -0.3 is 5.32 Å². The van der Waals surface area contributed by atoms with Crippen LogP contribution in [0.5, 0.6) is 0 Å². The standard InChI is InChI=1S/C11H15N3S2/c1-4-9-13-14-11(16-9)12-8(3)10-7(2)5-6-15-10/h5-6,8H,4H2,1-3H3,(H,12,14). The quantitative estimate of drug-likeness (QED) is 0.904. The van der Waals surface area contributed by atoms with Gasteiger partial charge in [-0.05, 0) is 37.3 Å². The molecule has 2 aromatic heterocycles. The number of rotatable bonds is 4. The lowest BCUT2D eigenvalue weighted by atomic mass is 10.2. The third-order valence-electron chi connectivity index (χ3n) is 2.40. The Balaban J connectivity index is 2.07. The van der Waals surface area contributed by atoms with Crippen LogP contribution >= 0.6 is 22.7 Å². The Labute approximate surface area is 104 Å². The minimum absolute atomic E-state index is 0.303. The topological polar surface area (TPSA) is 37.8 Å². The fraction of sp³-hybridized carbons (Fsp3) is 0.455. The second kappa shape index (κ2) is 4.93. The van der Waals surface area contributed by atoms with E-state index in [0.717, 1.165) is 16.6 Å². The molecule has 5 heteroatoms. The third kappa shape index (κ3) is 2.41. The van der Waals surface area contributed by atoms with Crippen molar-refractivity contribution in [3.63, 3.8) is 0 Å². The van der Waals surface area contributed by atoms with E-state index in [1.165, 1.54) is 10.4 Å². The van der Waals surface area contributed by atoms with Crippen LogP contribution in [0.2, 0.25) is 0 Å². The molecule has 0 bridgehead atoms. The molecule has 0 amide bonds. The molecule has 16 heavy (non-hydrogen) atoms. The molecule has 1 N–H and O–H groups in total. The molecule has 2 rings (SSSR count). The van der Waals surface area contributed by atoms with E-state index in [9.17, 15) is 0 Å². The van der Waals surface area contributed by atoms with E-state index in [1.54, 1.807) is 22.7 Å². The van der Waals surface area contributed by atoms with Crippen molar-refractivity contribution in [2.45, 2.75) is 33.2 Å². The highest BCUT2D eigenvalue weighted by Crippen LogP contribution is 2.27. The van der Waals surface area contributed by atoms with E-state index in [2.05, 4.69) is 47.7 Å². The second-order valence-corrected chi connectivity index (χ2v) is 5.70. The lowest BCUT2D eigenvalue weighted by Gasteiger charge is -2.11. The predicted octanol–water partition coefficient (Wildman–Crippen LogP) is 3.64. The largest absolute Gasteiger partial charge is 0.353 e. The zero-order valence-corrected chi connectivity index (χ0v) is 11.3. The maximum atomic E-state index is 4.13. The van der Waals surface area contributed by atoms with Crippen molar-refractivity contribution >= 4 is 27.8 Å². The average Bonchev–Trinajstić information content (AvgIpc) is 2.86. The monoisotopic (exact) mass is 253 g/mol. The van der Waals surface area contributed by atoms with Gasteiger partial charge in [0.1, 0.15) is 5.01 Å². The van der Waals surface area contributed by atoms with Crippen LogP contribution in [0, 0.1) is 6.92 Å². The van der Waals surface area contributed by atoms with Crippen LogP contribution in [0.4, 0.5) is 5.13 Å². The lowest BCUT2D eigenvalue weighted by Crippen LogP contribution is -2.05. The summed E-state index contributed by atoms with van der Waals surface area (Å²) in [6.45, 7) is 6.39. The molecule has 0 aliphatic rings. The number of aromatic nitrogens is 2. The number of nitrogens with zero attached hydrogens (tertiary/aromatic N) is 2. The molecule has 0 fully saturated rings. The Morgan fingerprint density at radius 3 is 2.81 bits per heavy atom. The molecule has 0 saturated heterocycles. The van der Waals surface area contributed by atoms with E-state index < -0.39 is 0 Å². The number of nitrogens with one attached hydrogen (secondary N) is 1. The van der Waals surface area contributed by atoms with Gasteiger partial charge in [0.05, 0.1) is 6.04 Å². The first-order valence-electron chi connectivity index (χ1n) is 5.33. The first kappa shape index (κ1) is 11.5. The first-order valence-corrected chi connectivity index (χ1v) is 7.03. The Morgan fingerprint density at radius 2 is 2.25 bits per heavy atom. The summed E-state index contributed by atoms with van der Waals surface area (Å²) in [7, 11) is 0. The predicted molar refractivity (Wildman–Crippen MR) is 70.4 cm³/mol. The molecule has 0 aromatic carbocycles. The molecule has 1 unspecified atom stereocenters. The van der Waals surface area contributed by atoms with Gasteiger partial charge in [0, 0.05) is 4.88 Å². The minimum Gasteiger partial charge on any atom is -0.353 e. The van der Waals surface area contributed by atoms with Crippen LogP contribution in [-0.2, 0) is 6.42 Å². The summed E-state index contributed by atoms with van der Waals surface area (Å²) in [6, 6.07) is 2.45. The maximum Gasteiger partial charge on any atom is 0.206 e. The fourth-order valence-electron chi connectivity index (χ4n) is 1.53. The SMILES string of the molecule is CCc1nnc(NC(C)c2sccc2C)s1. The molecule has 1 atom stereocenters. The fourth-order valence-corrected chi connectivity index (χ4v) is 3.24. The van der Waals surface area contributed by atoms with Crippen LogP contribution in [0.15, 0.2) is 11.4 Å². The Morgan fingerprint density at radius 1 is 1.44 bits per heavy atom. The first-order chi connectivity index (χ1) is 7.70. The van der Waals surface area contributed by atoms with E-state index in [0.29, 0.717) is 6.04 Å². The summed E-state index contributed by atoms with van der Waals surface area (Å²) < 4.78 is 0. The van der Waals surface area contributed by atoms with Crippen molar-refractivity contribution in [3.05, 3.63) is 26.9 Å². The zero-order valence-electron chi connectivity index (χ0n) is 9.65. The summed E-state index contributed by atoms with van der Waals surface area (Å²) in [5.41, 5.74) is 1.34. The van der Waals surface area contributed by atoms with Crippen molar-refractivity contribution in [1.29, 1.82) is 0 Å². The number of aryl methyl sites for hydroxylation is 2. The molecule has 0 aliphatic heterocycles. The normalized spacial score (nSPS) is 12.7. The summed E-state index contributed by atoms with van der Waals surface area (Å²) >= 11 is 3.42. The van der Waals surface area contributed by atoms with Gasteiger partial charge in [0.15, 0.2) is 0 Å². The van der Waals surface area contributed by atoms with Gasteiger partial charge in [-0.2, -0.15) is 0 Å². The van der Waals surface area contributed by atoms with Crippen LogP contribution in [0.1, 0.15) is 35.3 Å². The van der Waals surface area contributed by atoms with Gasteiger partial charge in [-0.25, -0.2) is 0 Å². The highest BCUT2D eigenvalue weighted by molar-refractivity contribution is 7.15. The minimum atomic E-state index is 0.303. The second-order valence-electron chi connectivity index (χ2n) is 3.69. The summed E-state index contributed by atoms with van der Waals surface area (Å²) in [6.07, 6.45) is 0.950. The van der Waals surface area contributed by atoms with Crippen molar-refractivity contribution in [1.82, 2.24) is 10.2 Å². The molecular weight excluding hydrogens is 238 g/mol. The van der Waals surface area contributed by atoms with Gasteiger partial charge in [-0.15, -0.1) is 21.5 Å². The van der Waals surface area contributed by atoms with Crippen molar-refractivity contribution in [2.24, 2.45) is 0 Å². The van der Waals surface area contributed by atoms with Gasteiger partial charge in [0.25, 0.3) is 0 Å². The Bertz CT molecular complexity index is 461. The third-order valence-corrected chi connectivity index (χ3v) is 4.60. The van der Waals surface area contributed by atoms with Gasteiger partial charge in [0.2, 0.25) is 5.13 Å².